The number of nitrogens with one attached hydrogen (secondary N) is 2. The van der Waals surface area contributed by atoms with E-state index in [1.165, 1.54) is 11.8 Å². The SMILES string of the molecule is CC(=O)Nc1ccc(C2=C(Nc3ccc(C)cc3)C(=O)N(Cc3ccc(C)cc3)C2=O)cc1. The fourth-order valence-electron chi connectivity index (χ4n) is 3.68. The number of imide groups is 1. The fourth-order valence-corrected chi connectivity index (χ4v) is 3.68. The van der Waals surface area contributed by atoms with E-state index in [0.717, 1.165) is 22.4 Å². The number of hydrogen-bond acceptors (Lipinski definition) is 4. The van der Waals surface area contributed by atoms with Crippen LogP contribution >= 0.6 is 0 Å². The van der Waals surface area contributed by atoms with Crippen LogP contribution in [0.2, 0.25) is 0 Å². The van der Waals surface area contributed by atoms with Gasteiger partial charge in [-0.15, -0.1) is 0 Å². The summed E-state index contributed by atoms with van der Waals surface area (Å²) in [5, 5.41) is 5.88. The molecule has 2 N–H and O–H groups in total. The maximum Gasteiger partial charge on any atom is 0.278 e. The number of rotatable bonds is 6. The minimum atomic E-state index is -0.373. The smallest absolute Gasteiger partial charge is 0.278 e. The Bertz CT molecular complexity index is 1240. The first-order valence-corrected chi connectivity index (χ1v) is 10.7. The molecule has 1 aliphatic heterocycles. The second-order valence-corrected chi connectivity index (χ2v) is 8.18. The fraction of sp³-hybridized carbons (Fsp3) is 0.148. The summed E-state index contributed by atoms with van der Waals surface area (Å²) in [4.78, 5) is 39.4. The van der Waals surface area contributed by atoms with Crippen LogP contribution in [0.4, 0.5) is 11.4 Å². The Labute approximate surface area is 192 Å². The van der Waals surface area contributed by atoms with Gasteiger partial charge in [0.2, 0.25) is 5.91 Å². The molecule has 3 aromatic carbocycles. The Kier molecular flexibility index (Phi) is 6.09. The van der Waals surface area contributed by atoms with Crippen LogP contribution < -0.4 is 10.6 Å². The molecule has 6 nitrogen and oxygen atoms in total. The normalized spacial score (nSPS) is 13.5. The second kappa shape index (κ2) is 9.12. The van der Waals surface area contributed by atoms with Crippen molar-refractivity contribution in [3.8, 4) is 0 Å². The molecule has 0 atom stereocenters. The predicted octanol–water partition coefficient (Wildman–Crippen LogP) is 4.65. The topological polar surface area (TPSA) is 78.5 Å². The maximum atomic E-state index is 13.4. The number of carbonyl (C=O) groups excluding carboxylic acids is 3. The van der Waals surface area contributed by atoms with Crippen molar-refractivity contribution in [3.05, 3.63) is 101 Å². The molecule has 0 saturated heterocycles. The lowest BCUT2D eigenvalue weighted by molar-refractivity contribution is -0.137. The van der Waals surface area contributed by atoms with Crippen molar-refractivity contribution in [2.75, 3.05) is 10.6 Å². The van der Waals surface area contributed by atoms with Crippen molar-refractivity contribution >= 4 is 34.7 Å². The largest absolute Gasteiger partial charge is 0.350 e. The summed E-state index contributed by atoms with van der Waals surface area (Å²) in [5.74, 6) is -0.912. The Morgan fingerprint density at radius 3 is 1.88 bits per heavy atom. The zero-order valence-electron chi connectivity index (χ0n) is 18.8. The van der Waals surface area contributed by atoms with Gasteiger partial charge in [0.15, 0.2) is 0 Å². The first-order chi connectivity index (χ1) is 15.8. The molecule has 6 heteroatoms. The van der Waals surface area contributed by atoms with Crippen molar-refractivity contribution in [2.24, 2.45) is 0 Å². The molecule has 0 bridgehead atoms. The second-order valence-electron chi connectivity index (χ2n) is 8.18. The van der Waals surface area contributed by atoms with Gasteiger partial charge in [-0.05, 0) is 49.2 Å². The molecule has 3 aromatic rings. The van der Waals surface area contributed by atoms with Crippen molar-refractivity contribution in [2.45, 2.75) is 27.3 Å². The third-order valence-corrected chi connectivity index (χ3v) is 5.44. The summed E-state index contributed by atoms with van der Waals surface area (Å²) < 4.78 is 0. The number of nitrogens with zero attached hydrogens (tertiary/aromatic N) is 1. The quantitative estimate of drug-likeness (QED) is 0.548. The highest BCUT2D eigenvalue weighted by Crippen LogP contribution is 2.32. The summed E-state index contributed by atoms with van der Waals surface area (Å²) in [6.07, 6.45) is 0. The van der Waals surface area contributed by atoms with Crippen molar-refractivity contribution in [1.82, 2.24) is 4.90 Å². The minimum Gasteiger partial charge on any atom is -0.350 e. The predicted molar refractivity (Wildman–Crippen MR) is 129 cm³/mol. The van der Waals surface area contributed by atoms with Gasteiger partial charge in [0.1, 0.15) is 5.70 Å². The van der Waals surface area contributed by atoms with Crippen LogP contribution in [-0.4, -0.2) is 22.6 Å². The molecule has 1 heterocycles. The molecule has 33 heavy (non-hydrogen) atoms. The molecule has 0 aliphatic carbocycles. The van der Waals surface area contributed by atoms with Crippen LogP contribution in [0.25, 0.3) is 5.57 Å². The van der Waals surface area contributed by atoms with Crippen LogP contribution in [-0.2, 0) is 20.9 Å². The van der Waals surface area contributed by atoms with Gasteiger partial charge >= 0.3 is 0 Å². The van der Waals surface area contributed by atoms with E-state index in [1.807, 2.05) is 62.4 Å². The maximum absolute atomic E-state index is 13.4. The van der Waals surface area contributed by atoms with Gasteiger partial charge in [-0.1, -0.05) is 59.7 Å². The molecule has 1 aliphatic rings. The lowest BCUT2D eigenvalue weighted by atomic mass is 10.0. The van der Waals surface area contributed by atoms with Gasteiger partial charge in [-0.3, -0.25) is 19.3 Å². The molecular formula is C27H25N3O3. The van der Waals surface area contributed by atoms with E-state index in [-0.39, 0.29) is 30.0 Å². The molecular weight excluding hydrogens is 414 g/mol. The van der Waals surface area contributed by atoms with E-state index in [4.69, 9.17) is 0 Å². The van der Waals surface area contributed by atoms with Gasteiger partial charge < -0.3 is 10.6 Å². The number of carbonyl (C=O) groups is 3. The summed E-state index contributed by atoms with van der Waals surface area (Å²) in [7, 11) is 0. The first-order valence-electron chi connectivity index (χ1n) is 10.7. The Balaban J connectivity index is 1.70. The molecule has 4 rings (SSSR count). The molecule has 0 unspecified atom stereocenters. The number of anilines is 2. The summed E-state index contributed by atoms with van der Waals surface area (Å²) in [5.41, 5.74) is 5.57. The number of aryl methyl sites for hydroxylation is 2. The lowest BCUT2D eigenvalue weighted by Crippen LogP contribution is -2.32. The standard InChI is InChI=1S/C27H25N3O3/c1-17-4-8-20(9-5-17)16-30-26(32)24(21-10-14-22(15-11-21)28-19(3)31)25(27(30)33)29-23-12-6-18(2)7-13-23/h4-15,29H,16H2,1-3H3,(H,28,31). The average molecular weight is 440 g/mol. The zero-order chi connectivity index (χ0) is 23.5. The minimum absolute atomic E-state index is 0.180. The molecule has 0 saturated carbocycles. The van der Waals surface area contributed by atoms with Crippen LogP contribution in [0.3, 0.4) is 0 Å². The van der Waals surface area contributed by atoms with Crippen molar-refractivity contribution in [1.29, 1.82) is 0 Å². The van der Waals surface area contributed by atoms with Gasteiger partial charge in [-0.2, -0.15) is 0 Å². The van der Waals surface area contributed by atoms with Crippen LogP contribution in [0.5, 0.6) is 0 Å². The van der Waals surface area contributed by atoms with Gasteiger partial charge in [0, 0.05) is 18.3 Å². The van der Waals surface area contributed by atoms with E-state index in [2.05, 4.69) is 10.6 Å². The molecule has 0 radical (unpaired) electrons. The lowest BCUT2D eigenvalue weighted by Gasteiger charge is -2.15. The Hall–Kier alpha value is -4.19. The molecule has 0 spiro atoms. The van der Waals surface area contributed by atoms with Gasteiger partial charge in [0.25, 0.3) is 11.8 Å². The van der Waals surface area contributed by atoms with Gasteiger partial charge in [0.05, 0.1) is 12.1 Å². The van der Waals surface area contributed by atoms with Crippen molar-refractivity contribution in [3.63, 3.8) is 0 Å². The number of hydrogen-bond donors (Lipinski definition) is 2. The van der Waals surface area contributed by atoms with Crippen molar-refractivity contribution < 1.29 is 14.4 Å². The number of amides is 3. The summed E-state index contributed by atoms with van der Waals surface area (Å²) >= 11 is 0. The molecule has 3 amide bonds. The van der Waals surface area contributed by atoms with E-state index in [1.54, 1.807) is 24.3 Å². The van der Waals surface area contributed by atoms with E-state index < -0.39 is 0 Å². The highest BCUT2D eigenvalue weighted by Gasteiger charge is 2.39. The summed E-state index contributed by atoms with van der Waals surface area (Å²) in [6, 6.07) is 22.3. The third-order valence-electron chi connectivity index (χ3n) is 5.44. The molecule has 0 fully saturated rings. The van der Waals surface area contributed by atoms with Crippen LogP contribution in [0, 0.1) is 13.8 Å². The highest BCUT2D eigenvalue weighted by atomic mass is 16.2. The Morgan fingerprint density at radius 1 is 0.758 bits per heavy atom. The van der Waals surface area contributed by atoms with Crippen LogP contribution in [0.1, 0.15) is 29.2 Å². The van der Waals surface area contributed by atoms with E-state index >= 15 is 0 Å². The van der Waals surface area contributed by atoms with E-state index in [9.17, 15) is 14.4 Å². The van der Waals surface area contributed by atoms with E-state index in [0.29, 0.717) is 16.8 Å². The first kappa shape index (κ1) is 22.0. The van der Waals surface area contributed by atoms with Crippen LogP contribution in [0.15, 0.2) is 78.5 Å². The average Bonchev–Trinajstić information content (AvgIpc) is 3.01. The zero-order valence-corrected chi connectivity index (χ0v) is 18.8. The number of benzene rings is 3. The molecule has 166 valence electrons. The molecule has 0 aromatic heterocycles. The monoisotopic (exact) mass is 439 g/mol. The Morgan fingerprint density at radius 2 is 1.30 bits per heavy atom. The third kappa shape index (κ3) is 4.85. The summed E-state index contributed by atoms with van der Waals surface area (Å²) in [6.45, 7) is 5.59. The van der Waals surface area contributed by atoms with Gasteiger partial charge in [-0.25, -0.2) is 0 Å². The highest BCUT2D eigenvalue weighted by molar-refractivity contribution is 6.36.